The lowest BCUT2D eigenvalue weighted by molar-refractivity contribution is 1.08. The number of pyridine rings is 2. The molecule has 17 heavy (non-hydrogen) atoms. The van der Waals surface area contributed by atoms with Gasteiger partial charge in [0.25, 0.3) is 0 Å². The van der Waals surface area contributed by atoms with E-state index in [1.807, 2.05) is 18.2 Å². The molecule has 0 radical (unpaired) electrons. The Hall–Kier alpha value is -1.58. The second-order valence-corrected chi connectivity index (χ2v) is 4.91. The molecular weight excluding hydrogens is 300 g/mol. The molecule has 0 fully saturated rings. The van der Waals surface area contributed by atoms with Crippen molar-refractivity contribution in [3.05, 3.63) is 40.6 Å². The summed E-state index contributed by atoms with van der Waals surface area (Å²) >= 11 is 4.72. The summed E-state index contributed by atoms with van der Waals surface area (Å²) in [6.07, 6.45) is 3.26. The van der Waals surface area contributed by atoms with Gasteiger partial charge in [-0.2, -0.15) is 5.26 Å². The van der Waals surface area contributed by atoms with E-state index in [-0.39, 0.29) is 0 Å². The van der Waals surface area contributed by atoms with Gasteiger partial charge in [-0.05, 0) is 45.9 Å². The fraction of sp³-hybridized carbons (Fsp3) is 0. The number of anilines is 1. The van der Waals surface area contributed by atoms with E-state index in [1.165, 1.54) is 11.8 Å². The zero-order valence-electron chi connectivity index (χ0n) is 8.59. The van der Waals surface area contributed by atoms with E-state index < -0.39 is 0 Å². The molecule has 2 N–H and O–H groups in total. The Balaban J connectivity index is 2.38. The van der Waals surface area contributed by atoms with Gasteiger partial charge >= 0.3 is 0 Å². The molecule has 2 aromatic heterocycles. The fourth-order valence-electron chi connectivity index (χ4n) is 1.17. The molecular formula is C11H7BrN4S. The van der Waals surface area contributed by atoms with Crippen molar-refractivity contribution in [1.29, 1.82) is 5.26 Å². The van der Waals surface area contributed by atoms with Crippen molar-refractivity contribution in [3.63, 3.8) is 0 Å². The highest BCUT2D eigenvalue weighted by Crippen LogP contribution is 2.34. The Kier molecular flexibility index (Phi) is 3.61. The van der Waals surface area contributed by atoms with Crippen molar-refractivity contribution in [2.24, 2.45) is 0 Å². The summed E-state index contributed by atoms with van der Waals surface area (Å²) in [6.45, 7) is 0. The second kappa shape index (κ2) is 5.17. The van der Waals surface area contributed by atoms with E-state index in [0.29, 0.717) is 16.3 Å². The first-order chi connectivity index (χ1) is 8.22. The minimum Gasteiger partial charge on any atom is -0.395 e. The molecule has 0 aliphatic heterocycles. The number of nitriles is 1. The molecule has 4 nitrogen and oxygen atoms in total. The summed E-state index contributed by atoms with van der Waals surface area (Å²) in [7, 11) is 0. The number of hydrogen-bond acceptors (Lipinski definition) is 5. The number of aromatic nitrogens is 2. The molecule has 2 heterocycles. The van der Waals surface area contributed by atoms with E-state index in [0.717, 1.165) is 9.50 Å². The average molecular weight is 307 g/mol. The first-order valence-electron chi connectivity index (χ1n) is 4.65. The Labute approximate surface area is 111 Å². The van der Waals surface area contributed by atoms with Crippen LogP contribution >= 0.6 is 27.7 Å². The van der Waals surface area contributed by atoms with Crippen LogP contribution in [0.3, 0.4) is 0 Å². The highest BCUT2D eigenvalue weighted by Gasteiger charge is 2.10. The van der Waals surface area contributed by atoms with Gasteiger partial charge in [0.05, 0.1) is 15.7 Å². The molecule has 0 aromatic carbocycles. The van der Waals surface area contributed by atoms with E-state index >= 15 is 0 Å². The van der Waals surface area contributed by atoms with Crippen LogP contribution < -0.4 is 5.73 Å². The highest BCUT2D eigenvalue weighted by atomic mass is 79.9. The van der Waals surface area contributed by atoms with Crippen molar-refractivity contribution in [3.8, 4) is 6.07 Å². The van der Waals surface area contributed by atoms with E-state index in [9.17, 15) is 0 Å². The average Bonchev–Trinajstić information content (AvgIpc) is 2.34. The smallest absolute Gasteiger partial charge is 0.127 e. The van der Waals surface area contributed by atoms with Gasteiger partial charge in [-0.15, -0.1) is 0 Å². The van der Waals surface area contributed by atoms with Crippen LogP contribution in [0.4, 0.5) is 5.69 Å². The molecule has 0 bridgehead atoms. The zero-order valence-corrected chi connectivity index (χ0v) is 11.0. The van der Waals surface area contributed by atoms with E-state index in [4.69, 9.17) is 11.0 Å². The molecule has 84 valence electrons. The number of halogens is 1. The number of rotatable bonds is 2. The first kappa shape index (κ1) is 11.9. The minimum absolute atomic E-state index is 0.387. The van der Waals surface area contributed by atoms with Gasteiger partial charge in [0, 0.05) is 12.4 Å². The Morgan fingerprint density at radius 3 is 2.71 bits per heavy atom. The topological polar surface area (TPSA) is 75.6 Å². The van der Waals surface area contributed by atoms with Crippen LogP contribution in [0.2, 0.25) is 0 Å². The largest absolute Gasteiger partial charge is 0.395 e. The number of hydrogen-bond donors (Lipinski definition) is 1. The van der Waals surface area contributed by atoms with Crippen LogP contribution in [-0.2, 0) is 0 Å². The molecule has 2 aromatic rings. The van der Waals surface area contributed by atoms with Crippen molar-refractivity contribution in [1.82, 2.24) is 9.97 Å². The van der Waals surface area contributed by atoms with Crippen LogP contribution in [0.25, 0.3) is 0 Å². The Morgan fingerprint density at radius 1 is 1.24 bits per heavy atom. The molecule has 0 saturated heterocycles. The fourth-order valence-corrected chi connectivity index (χ4v) is 2.46. The van der Waals surface area contributed by atoms with Crippen LogP contribution in [0.1, 0.15) is 5.56 Å². The third-order valence-corrected chi connectivity index (χ3v) is 3.93. The van der Waals surface area contributed by atoms with E-state index in [2.05, 4.69) is 25.9 Å². The number of nitrogens with zero attached hydrogens (tertiary/aromatic N) is 3. The SMILES string of the molecule is N#Cc1ccnc(Sc2ncccc2Br)c1N. The van der Waals surface area contributed by atoms with Gasteiger partial charge in [-0.25, -0.2) is 9.97 Å². The van der Waals surface area contributed by atoms with Gasteiger partial charge in [0.1, 0.15) is 16.1 Å². The molecule has 0 aliphatic rings. The summed E-state index contributed by atoms with van der Waals surface area (Å²) in [5.74, 6) is 0. The summed E-state index contributed by atoms with van der Waals surface area (Å²) in [6, 6.07) is 7.33. The van der Waals surface area contributed by atoms with Crippen LogP contribution in [0.15, 0.2) is 45.1 Å². The van der Waals surface area contributed by atoms with Gasteiger partial charge in [0.2, 0.25) is 0 Å². The lowest BCUT2D eigenvalue weighted by Gasteiger charge is -2.05. The molecule has 6 heteroatoms. The Bertz CT molecular complexity index is 594. The quantitative estimate of drug-likeness (QED) is 0.923. The molecule has 0 atom stereocenters. The molecule has 0 unspecified atom stereocenters. The number of nitrogen functional groups attached to an aromatic ring is 1. The number of nitrogens with two attached hydrogens (primary N) is 1. The summed E-state index contributed by atoms with van der Waals surface area (Å²) in [4.78, 5) is 8.36. The monoisotopic (exact) mass is 306 g/mol. The van der Waals surface area contributed by atoms with Gasteiger partial charge < -0.3 is 5.73 Å². The third-order valence-electron chi connectivity index (χ3n) is 1.99. The maximum absolute atomic E-state index is 8.87. The maximum Gasteiger partial charge on any atom is 0.127 e. The minimum atomic E-state index is 0.387. The molecule has 0 spiro atoms. The predicted octanol–water partition coefficient (Wildman–Crippen LogP) is 2.84. The lowest BCUT2D eigenvalue weighted by Crippen LogP contribution is -1.96. The standard InChI is InChI=1S/C11H7BrN4S/c12-8-2-1-4-15-10(8)17-11-9(14)7(6-13)3-5-16-11/h1-5H,14H2. The predicted molar refractivity (Wildman–Crippen MR) is 69.4 cm³/mol. The van der Waals surface area contributed by atoms with Crippen molar-refractivity contribution >= 4 is 33.4 Å². The molecule has 0 aliphatic carbocycles. The van der Waals surface area contributed by atoms with Crippen LogP contribution in [0, 0.1) is 11.3 Å². The second-order valence-electron chi connectivity index (χ2n) is 3.08. The lowest BCUT2D eigenvalue weighted by atomic mass is 10.2. The van der Waals surface area contributed by atoms with Crippen molar-refractivity contribution in [2.45, 2.75) is 10.1 Å². The molecule has 0 amide bonds. The summed E-state index contributed by atoms with van der Waals surface area (Å²) in [5.41, 5.74) is 6.65. The van der Waals surface area contributed by atoms with Crippen LogP contribution in [0.5, 0.6) is 0 Å². The zero-order chi connectivity index (χ0) is 12.3. The normalized spacial score (nSPS) is 9.88. The summed E-state index contributed by atoms with van der Waals surface area (Å²) in [5, 5.41) is 10.2. The van der Waals surface area contributed by atoms with Crippen molar-refractivity contribution < 1.29 is 0 Å². The molecule has 2 rings (SSSR count). The maximum atomic E-state index is 8.87. The molecule has 0 saturated carbocycles. The highest BCUT2D eigenvalue weighted by molar-refractivity contribution is 9.10. The van der Waals surface area contributed by atoms with Gasteiger partial charge in [-0.3, -0.25) is 0 Å². The van der Waals surface area contributed by atoms with Crippen molar-refractivity contribution in [2.75, 3.05) is 5.73 Å². The van der Waals surface area contributed by atoms with Gasteiger partial charge in [0.15, 0.2) is 0 Å². The third kappa shape index (κ3) is 2.57. The van der Waals surface area contributed by atoms with Crippen LogP contribution in [-0.4, -0.2) is 9.97 Å². The summed E-state index contributed by atoms with van der Waals surface area (Å²) < 4.78 is 0.869. The van der Waals surface area contributed by atoms with Gasteiger partial charge in [-0.1, -0.05) is 0 Å². The van der Waals surface area contributed by atoms with E-state index in [1.54, 1.807) is 18.5 Å². The Morgan fingerprint density at radius 2 is 2.00 bits per heavy atom. The first-order valence-corrected chi connectivity index (χ1v) is 6.26.